The fourth-order valence-corrected chi connectivity index (χ4v) is 5.35. The fraction of sp³-hybridized carbons (Fsp3) is 0.476. The van der Waals surface area contributed by atoms with E-state index in [1.807, 2.05) is 13.0 Å². The van der Waals surface area contributed by atoms with Crippen LogP contribution >= 0.6 is 0 Å². The Labute approximate surface area is 173 Å². The van der Waals surface area contributed by atoms with Crippen molar-refractivity contribution < 1.29 is 29.7 Å². The summed E-state index contributed by atoms with van der Waals surface area (Å²) in [5.74, 6) is -5.45. The van der Waals surface area contributed by atoms with Gasteiger partial charge >= 0.3 is 0 Å². The smallest absolute Gasteiger partial charge is 0.255 e. The van der Waals surface area contributed by atoms with E-state index in [0.717, 1.165) is 11.3 Å². The van der Waals surface area contributed by atoms with E-state index in [1.165, 1.54) is 0 Å². The molecule has 0 fully saturated rings. The number of carbonyl (C=O) groups excluding carboxylic acids is 3. The average molecular weight is 415 g/mol. The Bertz CT molecular complexity index is 1020. The Morgan fingerprint density at radius 1 is 1.30 bits per heavy atom. The second kappa shape index (κ2) is 6.55. The summed E-state index contributed by atoms with van der Waals surface area (Å²) in [6, 6.07) is -0.935. The van der Waals surface area contributed by atoms with E-state index in [1.54, 1.807) is 19.0 Å². The number of Topliss-reactive ketones (excluding diaryl/α,β-unsaturated/α-hetero) is 2. The van der Waals surface area contributed by atoms with Crippen LogP contribution in [0.4, 0.5) is 0 Å². The number of ketones is 2. The highest BCUT2D eigenvalue weighted by molar-refractivity contribution is 6.24. The number of nitrogens with one attached hydrogen (secondary N) is 1. The maximum atomic E-state index is 13.2. The Balaban J connectivity index is 1.92. The van der Waals surface area contributed by atoms with Crippen molar-refractivity contribution in [3.05, 3.63) is 45.6 Å². The SMILES string of the molecule is CC1=CC2=C(CN1)C(=O)C1=C(O)[C@]3(O)C(=O)C(C(N)=O)=C(O)[C@@H](N(C)C)[C@@H]3CC1C2. The molecule has 0 radical (unpaired) electrons. The molecule has 0 saturated heterocycles. The summed E-state index contributed by atoms with van der Waals surface area (Å²) in [5, 5.41) is 36.3. The molecule has 1 unspecified atom stereocenters. The van der Waals surface area contributed by atoms with E-state index in [-0.39, 0.29) is 12.0 Å². The van der Waals surface area contributed by atoms with Crippen molar-refractivity contribution in [3.63, 3.8) is 0 Å². The van der Waals surface area contributed by atoms with Gasteiger partial charge in [0.2, 0.25) is 5.78 Å². The average Bonchev–Trinajstić information content (AvgIpc) is 2.64. The van der Waals surface area contributed by atoms with E-state index >= 15 is 0 Å². The molecule has 9 nitrogen and oxygen atoms in total. The third-order valence-electron chi connectivity index (χ3n) is 6.70. The van der Waals surface area contributed by atoms with Crippen molar-refractivity contribution in [2.45, 2.75) is 31.4 Å². The molecular formula is C21H25N3O6. The highest BCUT2D eigenvalue weighted by Gasteiger charge is 2.63. The molecule has 4 atom stereocenters. The molecule has 4 rings (SSSR count). The molecule has 6 N–H and O–H groups in total. The van der Waals surface area contributed by atoms with Gasteiger partial charge in [-0.25, -0.2) is 0 Å². The summed E-state index contributed by atoms with van der Waals surface area (Å²) < 4.78 is 0. The van der Waals surface area contributed by atoms with Crippen LogP contribution in [0.2, 0.25) is 0 Å². The summed E-state index contributed by atoms with van der Waals surface area (Å²) in [7, 11) is 3.25. The quantitative estimate of drug-likeness (QED) is 0.387. The molecule has 1 aliphatic heterocycles. The van der Waals surface area contributed by atoms with Crippen LogP contribution in [0, 0.1) is 11.8 Å². The first-order valence-corrected chi connectivity index (χ1v) is 9.79. The number of aliphatic hydroxyl groups excluding tert-OH is 2. The minimum Gasteiger partial charge on any atom is -0.510 e. The van der Waals surface area contributed by atoms with Crippen molar-refractivity contribution in [1.29, 1.82) is 0 Å². The normalized spacial score (nSPS) is 33.8. The van der Waals surface area contributed by atoms with Crippen molar-refractivity contribution in [1.82, 2.24) is 10.2 Å². The Morgan fingerprint density at radius 2 is 1.97 bits per heavy atom. The Hall–Kier alpha value is -2.91. The number of aliphatic hydroxyl groups is 3. The molecule has 1 amide bonds. The number of carbonyl (C=O) groups is 3. The summed E-state index contributed by atoms with van der Waals surface area (Å²) in [6.07, 6.45) is 2.53. The van der Waals surface area contributed by atoms with Gasteiger partial charge < -0.3 is 26.4 Å². The van der Waals surface area contributed by atoms with E-state index < -0.39 is 58.0 Å². The molecule has 0 aromatic carbocycles. The van der Waals surface area contributed by atoms with Crippen molar-refractivity contribution in [2.75, 3.05) is 20.6 Å². The van der Waals surface area contributed by atoms with Crippen LogP contribution < -0.4 is 11.1 Å². The number of hydrogen-bond acceptors (Lipinski definition) is 8. The Kier molecular flexibility index (Phi) is 4.44. The second-order valence-electron chi connectivity index (χ2n) is 8.65. The summed E-state index contributed by atoms with van der Waals surface area (Å²) in [6.45, 7) is 2.19. The molecule has 0 spiro atoms. The molecule has 0 saturated carbocycles. The third kappa shape index (κ3) is 2.51. The Morgan fingerprint density at radius 3 is 2.57 bits per heavy atom. The lowest BCUT2D eigenvalue weighted by Crippen LogP contribution is -2.63. The van der Waals surface area contributed by atoms with Gasteiger partial charge in [-0.1, -0.05) is 0 Å². The summed E-state index contributed by atoms with van der Waals surface area (Å²) in [4.78, 5) is 39.7. The van der Waals surface area contributed by atoms with Crippen LogP contribution in [0.25, 0.3) is 0 Å². The maximum Gasteiger partial charge on any atom is 0.255 e. The van der Waals surface area contributed by atoms with Gasteiger partial charge in [0.25, 0.3) is 5.91 Å². The first-order valence-electron chi connectivity index (χ1n) is 9.79. The minimum atomic E-state index is -2.51. The zero-order valence-corrected chi connectivity index (χ0v) is 17.0. The van der Waals surface area contributed by atoms with Crippen molar-refractivity contribution in [2.24, 2.45) is 17.6 Å². The number of nitrogens with zero attached hydrogens (tertiary/aromatic N) is 1. The number of nitrogens with two attached hydrogens (primary N) is 1. The standard InChI is InChI=1S/C21H25N3O6/c1-8-4-9-5-10-6-12-15(24(2)3)17(26)14(20(22)29)19(28)21(12,30)18(27)13(10)16(25)11(9)7-23-8/h4,10,12,15,23,26-27,30H,5-7H2,1-3H3,(H2,22,29)/t10?,12-,15-,21-/m0/s1. The van der Waals surface area contributed by atoms with Gasteiger partial charge in [0.15, 0.2) is 11.4 Å². The number of fused-ring (bicyclic) bond motifs is 2. The van der Waals surface area contributed by atoms with Gasteiger partial charge in [-0.3, -0.25) is 19.3 Å². The monoisotopic (exact) mass is 415 g/mol. The lowest BCUT2D eigenvalue weighted by Gasteiger charge is -2.50. The number of primary amides is 1. The maximum absolute atomic E-state index is 13.2. The second-order valence-corrected chi connectivity index (χ2v) is 8.65. The molecule has 0 aromatic rings. The van der Waals surface area contributed by atoms with E-state index in [4.69, 9.17) is 5.73 Å². The number of amides is 1. The van der Waals surface area contributed by atoms with Gasteiger partial charge in [-0.05, 0) is 51.4 Å². The molecule has 9 heteroatoms. The van der Waals surface area contributed by atoms with Crippen molar-refractivity contribution in [3.8, 4) is 0 Å². The summed E-state index contributed by atoms with van der Waals surface area (Å²) in [5.41, 5.74) is 4.31. The number of allylic oxidation sites excluding steroid dienone is 4. The van der Waals surface area contributed by atoms with E-state index in [9.17, 15) is 29.7 Å². The van der Waals surface area contributed by atoms with Gasteiger partial charge in [0, 0.05) is 29.3 Å². The van der Waals surface area contributed by atoms with Gasteiger partial charge in [-0.15, -0.1) is 0 Å². The molecule has 0 aromatic heterocycles. The molecule has 30 heavy (non-hydrogen) atoms. The summed E-state index contributed by atoms with van der Waals surface area (Å²) >= 11 is 0. The van der Waals surface area contributed by atoms with Crippen LogP contribution in [0.15, 0.2) is 45.6 Å². The molecule has 0 bridgehead atoms. The van der Waals surface area contributed by atoms with Gasteiger partial charge in [-0.2, -0.15) is 0 Å². The lowest BCUT2D eigenvalue weighted by molar-refractivity contribution is -0.149. The van der Waals surface area contributed by atoms with E-state index in [2.05, 4.69) is 5.32 Å². The van der Waals surface area contributed by atoms with Crippen LogP contribution in [0.1, 0.15) is 19.8 Å². The number of rotatable bonds is 2. The number of hydrogen-bond donors (Lipinski definition) is 5. The zero-order valence-electron chi connectivity index (χ0n) is 17.0. The predicted octanol–water partition coefficient (Wildman–Crippen LogP) is -0.248. The zero-order chi connectivity index (χ0) is 22.1. The topological polar surface area (TPSA) is 153 Å². The predicted molar refractivity (Wildman–Crippen MR) is 106 cm³/mol. The highest BCUT2D eigenvalue weighted by atomic mass is 16.3. The lowest BCUT2D eigenvalue weighted by atomic mass is 9.58. The minimum absolute atomic E-state index is 0.00156. The highest BCUT2D eigenvalue weighted by Crippen LogP contribution is 2.52. The molecule has 3 aliphatic carbocycles. The van der Waals surface area contributed by atoms with E-state index in [0.29, 0.717) is 18.5 Å². The third-order valence-corrected chi connectivity index (χ3v) is 6.70. The largest absolute Gasteiger partial charge is 0.510 e. The number of likely N-dealkylation sites (N-methyl/N-ethyl adjacent to an activating group) is 1. The van der Waals surface area contributed by atoms with Crippen LogP contribution in [0.3, 0.4) is 0 Å². The number of dihydropyridines is 1. The first-order chi connectivity index (χ1) is 14.0. The first kappa shape index (κ1) is 20.4. The molecule has 4 aliphatic rings. The molecule has 160 valence electrons. The molecule has 1 heterocycles. The molecular weight excluding hydrogens is 390 g/mol. The van der Waals surface area contributed by atoms with Crippen LogP contribution in [0.5, 0.6) is 0 Å². The van der Waals surface area contributed by atoms with Gasteiger partial charge in [0.05, 0.1) is 6.04 Å². The van der Waals surface area contributed by atoms with Crippen LogP contribution in [-0.4, -0.2) is 70.0 Å². The van der Waals surface area contributed by atoms with Crippen molar-refractivity contribution >= 4 is 17.5 Å². The van der Waals surface area contributed by atoms with Gasteiger partial charge in [0.1, 0.15) is 17.1 Å². The fourth-order valence-electron chi connectivity index (χ4n) is 5.35. The van der Waals surface area contributed by atoms with Crippen LogP contribution in [-0.2, 0) is 14.4 Å².